The van der Waals surface area contributed by atoms with Crippen molar-refractivity contribution < 1.29 is 9.15 Å². The van der Waals surface area contributed by atoms with Gasteiger partial charge in [0.25, 0.3) is 0 Å². The minimum absolute atomic E-state index is 0.0690. The van der Waals surface area contributed by atoms with Gasteiger partial charge in [-0.25, -0.2) is 9.50 Å². The van der Waals surface area contributed by atoms with E-state index in [1.54, 1.807) is 10.7 Å². The van der Waals surface area contributed by atoms with Gasteiger partial charge >= 0.3 is 0 Å². The van der Waals surface area contributed by atoms with Gasteiger partial charge in [0.05, 0.1) is 6.20 Å². The molecule has 0 saturated heterocycles. The third kappa shape index (κ3) is 3.41. The number of para-hydroxylation sites is 1. The number of ether oxygens (including phenoxy) is 1. The predicted molar refractivity (Wildman–Crippen MR) is 101 cm³/mol. The largest absolute Gasteiger partial charge is 0.475 e. The van der Waals surface area contributed by atoms with Crippen LogP contribution < -0.4 is 10.1 Å². The maximum Gasteiger partial charge on any atom is 0.231 e. The molecule has 26 heavy (non-hydrogen) atoms. The van der Waals surface area contributed by atoms with Gasteiger partial charge in [-0.1, -0.05) is 18.2 Å². The van der Waals surface area contributed by atoms with Gasteiger partial charge in [-0.05, 0) is 39.0 Å². The number of furan rings is 1. The maximum absolute atomic E-state index is 5.94. The molecule has 134 valence electrons. The van der Waals surface area contributed by atoms with E-state index in [1.165, 1.54) is 0 Å². The Labute approximate surface area is 151 Å². The summed E-state index contributed by atoms with van der Waals surface area (Å²) < 4.78 is 13.5. The van der Waals surface area contributed by atoms with Gasteiger partial charge in [0.2, 0.25) is 5.88 Å². The Morgan fingerprint density at radius 3 is 2.81 bits per heavy atom. The van der Waals surface area contributed by atoms with Crippen molar-refractivity contribution in [2.45, 2.75) is 26.3 Å². The first-order valence-electron chi connectivity index (χ1n) is 8.71. The molecule has 0 fully saturated rings. The minimum atomic E-state index is 0.0690. The summed E-state index contributed by atoms with van der Waals surface area (Å²) in [6, 6.07) is 13.7. The second kappa shape index (κ2) is 6.46. The van der Waals surface area contributed by atoms with Gasteiger partial charge in [0.1, 0.15) is 17.9 Å². The van der Waals surface area contributed by atoms with Crippen LogP contribution in [-0.2, 0) is 0 Å². The topological polar surface area (TPSA) is 64.6 Å². The fourth-order valence-corrected chi connectivity index (χ4v) is 2.79. The van der Waals surface area contributed by atoms with Crippen LogP contribution in [0.5, 0.6) is 5.88 Å². The molecule has 1 N–H and O–H groups in total. The third-order valence-electron chi connectivity index (χ3n) is 4.02. The number of aromatic nitrogens is 3. The number of rotatable bonds is 5. The van der Waals surface area contributed by atoms with E-state index in [0.29, 0.717) is 12.5 Å². The molecule has 0 atom stereocenters. The number of benzene rings is 1. The summed E-state index contributed by atoms with van der Waals surface area (Å²) >= 11 is 0. The normalized spacial score (nSPS) is 12.1. The second-order valence-electron chi connectivity index (χ2n) is 7.26. The first-order chi connectivity index (χ1) is 12.5. The maximum atomic E-state index is 5.94. The Morgan fingerprint density at radius 1 is 1.15 bits per heavy atom. The zero-order valence-corrected chi connectivity index (χ0v) is 15.2. The Hall–Kier alpha value is -2.86. The number of nitrogens with one attached hydrogen (secondary N) is 1. The Balaban J connectivity index is 1.58. The number of hydrogen-bond acceptors (Lipinski definition) is 5. The Morgan fingerprint density at radius 2 is 2.00 bits per heavy atom. The average Bonchev–Trinajstić information content (AvgIpc) is 3.21. The third-order valence-corrected chi connectivity index (χ3v) is 4.02. The molecule has 3 aromatic heterocycles. The quantitative estimate of drug-likeness (QED) is 0.553. The first kappa shape index (κ1) is 16.6. The fraction of sp³-hybridized carbons (Fsp3) is 0.300. The van der Waals surface area contributed by atoms with Gasteiger partial charge in [-0.2, -0.15) is 0 Å². The van der Waals surface area contributed by atoms with Crippen LogP contribution in [0.25, 0.3) is 28.1 Å². The van der Waals surface area contributed by atoms with Crippen molar-refractivity contribution in [3.8, 4) is 17.3 Å². The molecular weight excluding hydrogens is 328 g/mol. The number of imidazole rings is 1. The van der Waals surface area contributed by atoms with Crippen LogP contribution in [0.2, 0.25) is 0 Å². The van der Waals surface area contributed by atoms with Gasteiger partial charge in [-0.15, -0.1) is 5.10 Å². The molecule has 0 aliphatic carbocycles. The van der Waals surface area contributed by atoms with Crippen LogP contribution in [0.15, 0.2) is 53.1 Å². The van der Waals surface area contributed by atoms with Crippen molar-refractivity contribution >= 4 is 16.6 Å². The molecule has 0 bridgehead atoms. The summed E-state index contributed by atoms with van der Waals surface area (Å²) in [7, 11) is 0. The van der Waals surface area contributed by atoms with E-state index in [2.05, 4.69) is 36.2 Å². The summed E-state index contributed by atoms with van der Waals surface area (Å²) in [6.45, 7) is 7.68. The number of nitrogens with zero attached hydrogens (tertiary/aromatic N) is 3. The molecule has 0 radical (unpaired) electrons. The van der Waals surface area contributed by atoms with Crippen LogP contribution in [0.3, 0.4) is 0 Å². The Kier molecular flexibility index (Phi) is 4.12. The van der Waals surface area contributed by atoms with E-state index in [9.17, 15) is 0 Å². The lowest BCUT2D eigenvalue weighted by atomic mass is 10.1. The molecule has 6 heteroatoms. The molecule has 1 aromatic carbocycles. The lowest BCUT2D eigenvalue weighted by Crippen LogP contribution is -2.38. The van der Waals surface area contributed by atoms with Crippen molar-refractivity contribution in [3.63, 3.8) is 0 Å². The molecule has 0 spiro atoms. The lowest BCUT2D eigenvalue weighted by Gasteiger charge is -2.20. The highest BCUT2D eigenvalue weighted by molar-refractivity contribution is 5.82. The SMILES string of the molecule is CC(C)(C)NCCOc1ccc2ncc(-c3cc4ccccc4o3)n2n1. The van der Waals surface area contributed by atoms with Crippen molar-refractivity contribution in [1.29, 1.82) is 0 Å². The molecule has 6 nitrogen and oxygen atoms in total. The van der Waals surface area contributed by atoms with E-state index >= 15 is 0 Å². The van der Waals surface area contributed by atoms with Crippen LogP contribution in [0.1, 0.15) is 20.8 Å². The van der Waals surface area contributed by atoms with Gasteiger partial charge < -0.3 is 14.5 Å². The van der Waals surface area contributed by atoms with E-state index in [0.717, 1.165) is 34.6 Å². The van der Waals surface area contributed by atoms with Gasteiger partial charge in [0, 0.05) is 23.5 Å². The summed E-state index contributed by atoms with van der Waals surface area (Å²) in [4.78, 5) is 4.41. The highest BCUT2D eigenvalue weighted by Gasteiger charge is 2.13. The van der Waals surface area contributed by atoms with Crippen molar-refractivity contribution in [2.24, 2.45) is 0 Å². The van der Waals surface area contributed by atoms with Crippen molar-refractivity contribution in [3.05, 3.63) is 48.7 Å². The molecule has 3 heterocycles. The van der Waals surface area contributed by atoms with Gasteiger partial charge in [0.15, 0.2) is 11.4 Å². The molecule has 4 aromatic rings. The summed E-state index contributed by atoms with van der Waals surface area (Å²) in [5.41, 5.74) is 2.47. The zero-order chi connectivity index (χ0) is 18.1. The average molecular weight is 350 g/mol. The molecule has 4 rings (SSSR count). The Bertz CT molecular complexity index is 1010. The molecular formula is C20H22N4O2. The van der Waals surface area contributed by atoms with E-state index in [1.807, 2.05) is 42.5 Å². The smallest absolute Gasteiger partial charge is 0.231 e. The number of fused-ring (bicyclic) bond motifs is 2. The predicted octanol–water partition coefficient (Wildman–Crippen LogP) is 3.91. The van der Waals surface area contributed by atoms with E-state index in [4.69, 9.17) is 9.15 Å². The summed E-state index contributed by atoms with van der Waals surface area (Å²) in [6.07, 6.45) is 1.77. The van der Waals surface area contributed by atoms with Crippen LogP contribution in [-0.4, -0.2) is 33.3 Å². The molecule has 0 saturated carbocycles. The van der Waals surface area contributed by atoms with Gasteiger partial charge in [-0.3, -0.25) is 0 Å². The van der Waals surface area contributed by atoms with Crippen LogP contribution >= 0.6 is 0 Å². The zero-order valence-electron chi connectivity index (χ0n) is 15.2. The second-order valence-corrected chi connectivity index (χ2v) is 7.26. The van der Waals surface area contributed by atoms with Crippen molar-refractivity contribution in [2.75, 3.05) is 13.2 Å². The van der Waals surface area contributed by atoms with E-state index in [-0.39, 0.29) is 5.54 Å². The van der Waals surface area contributed by atoms with Crippen LogP contribution in [0.4, 0.5) is 0 Å². The fourth-order valence-electron chi connectivity index (χ4n) is 2.79. The van der Waals surface area contributed by atoms with Crippen LogP contribution in [0, 0.1) is 0 Å². The monoisotopic (exact) mass is 350 g/mol. The standard InChI is InChI=1S/C20H22N4O2/c1-20(2,3)22-10-11-25-19-9-8-18-21-13-15(24(18)23-19)17-12-14-6-4-5-7-16(14)26-17/h4-9,12-13,22H,10-11H2,1-3H3. The van der Waals surface area contributed by atoms with Crippen molar-refractivity contribution in [1.82, 2.24) is 19.9 Å². The minimum Gasteiger partial charge on any atom is -0.475 e. The molecule has 0 aliphatic rings. The molecule has 0 aliphatic heterocycles. The number of hydrogen-bond donors (Lipinski definition) is 1. The first-order valence-corrected chi connectivity index (χ1v) is 8.71. The highest BCUT2D eigenvalue weighted by Crippen LogP contribution is 2.28. The highest BCUT2D eigenvalue weighted by atomic mass is 16.5. The summed E-state index contributed by atoms with van der Waals surface area (Å²) in [5.74, 6) is 1.29. The lowest BCUT2D eigenvalue weighted by molar-refractivity contribution is 0.278. The molecule has 0 unspecified atom stereocenters. The molecule has 0 amide bonds. The summed E-state index contributed by atoms with van der Waals surface area (Å²) in [5, 5.41) is 9.00. The van der Waals surface area contributed by atoms with E-state index < -0.39 is 0 Å².